The van der Waals surface area contributed by atoms with Crippen LogP contribution in [-0.4, -0.2) is 30.8 Å². The zero-order chi connectivity index (χ0) is 23.8. The van der Waals surface area contributed by atoms with Gasteiger partial charge in [0.1, 0.15) is 0 Å². The predicted octanol–water partition coefficient (Wildman–Crippen LogP) is 6.70. The zero-order valence-electron chi connectivity index (χ0n) is 19.7. The highest BCUT2D eigenvalue weighted by atomic mass is 32.2. The highest BCUT2D eigenvalue weighted by Crippen LogP contribution is 2.34. The van der Waals surface area contributed by atoms with Crippen LogP contribution >= 0.6 is 11.8 Å². The maximum atomic E-state index is 13.4. The number of H-pyrrole nitrogens is 1. The molecule has 0 radical (unpaired) electrons. The van der Waals surface area contributed by atoms with Gasteiger partial charge in [-0.2, -0.15) is 0 Å². The number of fused-ring (bicyclic) bond motifs is 1. The van der Waals surface area contributed by atoms with Crippen LogP contribution in [0.25, 0.3) is 28.0 Å². The Morgan fingerprint density at radius 3 is 2.56 bits per heavy atom. The first-order valence-corrected chi connectivity index (χ1v) is 12.2. The minimum Gasteiger partial charge on any atom is -0.360 e. The van der Waals surface area contributed by atoms with Crippen LogP contribution in [0.3, 0.4) is 0 Å². The summed E-state index contributed by atoms with van der Waals surface area (Å²) in [5.74, 6) is 0.843. The van der Waals surface area contributed by atoms with Gasteiger partial charge < -0.3 is 4.98 Å². The highest BCUT2D eigenvalue weighted by molar-refractivity contribution is 8.00. The molecule has 5 rings (SSSR count). The Morgan fingerprint density at radius 2 is 1.74 bits per heavy atom. The van der Waals surface area contributed by atoms with E-state index in [9.17, 15) is 4.79 Å². The number of hydrogen-bond donors (Lipinski definition) is 1. The van der Waals surface area contributed by atoms with Gasteiger partial charge in [-0.25, -0.2) is 0 Å². The first-order valence-electron chi connectivity index (χ1n) is 11.3. The van der Waals surface area contributed by atoms with Gasteiger partial charge in [-0.15, -0.1) is 10.2 Å². The lowest BCUT2D eigenvalue weighted by Crippen LogP contribution is -2.16. The third-order valence-corrected chi connectivity index (χ3v) is 7.08. The van der Waals surface area contributed by atoms with Crippen molar-refractivity contribution in [3.05, 3.63) is 95.2 Å². The fraction of sp³-hybridized carbons (Fsp3) is 0.179. The second-order valence-electron chi connectivity index (χ2n) is 8.67. The van der Waals surface area contributed by atoms with Gasteiger partial charge in [0.05, 0.1) is 5.25 Å². The summed E-state index contributed by atoms with van der Waals surface area (Å²) in [5, 5.41) is 10.6. The number of carbonyl (C=O) groups is 1. The number of benzene rings is 3. The van der Waals surface area contributed by atoms with E-state index in [0.29, 0.717) is 5.16 Å². The van der Waals surface area contributed by atoms with Gasteiger partial charge in [0.2, 0.25) is 0 Å². The van der Waals surface area contributed by atoms with Gasteiger partial charge in [-0.05, 0) is 63.1 Å². The first kappa shape index (κ1) is 22.2. The number of aromatic amines is 1. The standard InChI is InChI=1S/C28H26N4OS/c1-17-8-7-9-21(14-17)32-27(24-16-29-25-11-6-5-10-22(24)25)30-31-28(32)34-20(4)26(33)23-15-18(2)12-13-19(23)3/h5-16,20,29H,1-4H3/t20-/m1/s1. The molecule has 2 heterocycles. The molecule has 5 aromatic rings. The third kappa shape index (κ3) is 4.05. The van der Waals surface area contributed by atoms with E-state index in [4.69, 9.17) is 0 Å². The molecular formula is C28H26N4OS. The van der Waals surface area contributed by atoms with E-state index in [1.165, 1.54) is 11.8 Å². The molecule has 34 heavy (non-hydrogen) atoms. The summed E-state index contributed by atoms with van der Waals surface area (Å²) in [6.45, 7) is 8.00. The SMILES string of the molecule is Cc1cccc(-n2c(S[C@H](C)C(=O)c3cc(C)ccc3C)nnc2-c2c[nH]c3ccccc23)c1. The molecule has 5 nitrogen and oxygen atoms in total. The van der Waals surface area contributed by atoms with E-state index in [2.05, 4.69) is 50.9 Å². The molecule has 1 N–H and O–H groups in total. The van der Waals surface area contributed by atoms with Crippen LogP contribution < -0.4 is 0 Å². The van der Waals surface area contributed by atoms with Crippen LogP contribution in [0.2, 0.25) is 0 Å². The number of rotatable bonds is 6. The molecule has 0 aliphatic heterocycles. The number of ketones is 1. The van der Waals surface area contributed by atoms with E-state index in [1.54, 1.807) is 0 Å². The molecule has 0 saturated carbocycles. The number of para-hydroxylation sites is 1. The summed E-state index contributed by atoms with van der Waals surface area (Å²) >= 11 is 1.44. The molecule has 0 amide bonds. The van der Waals surface area contributed by atoms with E-state index < -0.39 is 0 Å². The Kier molecular flexibility index (Phi) is 5.84. The minimum absolute atomic E-state index is 0.0960. The second-order valence-corrected chi connectivity index (χ2v) is 9.98. The maximum absolute atomic E-state index is 13.4. The van der Waals surface area contributed by atoms with Crippen molar-refractivity contribution in [2.75, 3.05) is 0 Å². The van der Waals surface area contributed by atoms with Crippen LogP contribution in [0.4, 0.5) is 0 Å². The van der Waals surface area contributed by atoms with Crippen molar-refractivity contribution in [3.8, 4) is 17.1 Å². The summed E-state index contributed by atoms with van der Waals surface area (Å²) < 4.78 is 2.06. The Labute approximate surface area is 203 Å². The Hall–Kier alpha value is -3.64. The monoisotopic (exact) mass is 466 g/mol. The zero-order valence-corrected chi connectivity index (χ0v) is 20.5. The first-order chi connectivity index (χ1) is 16.4. The van der Waals surface area contributed by atoms with Crippen molar-refractivity contribution >= 4 is 28.4 Å². The molecule has 2 aromatic heterocycles. The van der Waals surface area contributed by atoms with Crippen molar-refractivity contribution < 1.29 is 4.79 Å². The molecule has 6 heteroatoms. The topological polar surface area (TPSA) is 63.6 Å². The molecule has 0 saturated heterocycles. The summed E-state index contributed by atoms with van der Waals surface area (Å²) in [6.07, 6.45) is 1.97. The van der Waals surface area contributed by atoms with Gasteiger partial charge in [0.25, 0.3) is 0 Å². The van der Waals surface area contributed by atoms with Crippen molar-refractivity contribution in [3.63, 3.8) is 0 Å². The lowest BCUT2D eigenvalue weighted by atomic mass is 10.0. The van der Waals surface area contributed by atoms with Gasteiger partial charge in [-0.3, -0.25) is 9.36 Å². The molecular weight excluding hydrogens is 440 g/mol. The van der Waals surface area contributed by atoms with Crippen molar-refractivity contribution in [2.45, 2.75) is 38.1 Å². The molecule has 0 aliphatic carbocycles. The van der Waals surface area contributed by atoms with E-state index in [0.717, 1.165) is 50.2 Å². The van der Waals surface area contributed by atoms with Gasteiger partial charge in [0.15, 0.2) is 16.8 Å². The minimum atomic E-state index is -0.316. The summed E-state index contributed by atoms with van der Waals surface area (Å²) in [7, 11) is 0. The van der Waals surface area contributed by atoms with Gasteiger partial charge >= 0.3 is 0 Å². The Morgan fingerprint density at radius 1 is 0.941 bits per heavy atom. The number of nitrogens with zero attached hydrogens (tertiary/aromatic N) is 3. The van der Waals surface area contributed by atoms with Crippen LogP contribution in [0.1, 0.15) is 34.0 Å². The predicted molar refractivity (Wildman–Crippen MR) is 139 cm³/mol. The van der Waals surface area contributed by atoms with Crippen LogP contribution in [0.15, 0.2) is 78.1 Å². The summed E-state index contributed by atoms with van der Waals surface area (Å²) in [5.41, 5.74) is 6.97. The third-order valence-electron chi connectivity index (χ3n) is 6.03. The van der Waals surface area contributed by atoms with E-state index in [1.807, 2.05) is 69.4 Å². The lowest BCUT2D eigenvalue weighted by molar-refractivity contribution is 0.0993. The second kappa shape index (κ2) is 8.95. The molecule has 0 spiro atoms. The normalized spacial score (nSPS) is 12.2. The highest BCUT2D eigenvalue weighted by Gasteiger charge is 2.24. The summed E-state index contributed by atoms with van der Waals surface area (Å²) in [6, 6.07) is 22.4. The van der Waals surface area contributed by atoms with Gasteiger partial charge in [-0.1, -0.05) is 59.8 Å². The molecule has 170 valence electrons. The Balaban J connectivity index is 1.59. The lowest BCUT2D eigenvalue weighted by Gasteiger charge is -2.15. The number of Topliss-reactive ketones (excluding diaryl/α,β-unsaturated/α-hetero) is 1. The molecule has 0 unspecified atom stereocenters. The fourth-order valence-corrected chi connectivity index (χ4v) is 5.14. The molecule has 1 atom stereocenters. The number of aryl methyl sites for hydroxylation is 3. The van der Waals surface area contributed by atoms with Crippen LogP contribution in [0, 0.1) is 20.8 Å². The van der Waals surface area contributed by atoms with Crippen molar-refractivity contribution in [2.24, 2.45) is 0 Å². The van der Waals surface area contributed by atoms with E-state index in [-0.39, 0.29) is 11.0 Å². The molecule has 0 fully saturated rings. The molecule has 3 aromatic carbocycles. The van der Waals surface area contributed by atoms with Crippen molar-refractivity contribution in [1.29, 1.82) is 0 Å². The number of aromatic nitrogens is 4. The fourth-order valence-electron chi connectivity index (χ4n) is 4.21. The number of thioether (sulfide) groups is 1. The molecule has 0 bridgehead atoms. The average molecular weight is 467 g/mol. The van der Waals surface area contributed by atoms with Gasteiger partial charge in [0, 0.05) is 33.9 Å². The Bertz CT molecular complexity index is 1510. The molecule has 0 aliphatic rings. The summed E-state index contributed by atoms with van der Waals surface area (Å²) in [4.78, 5) is 16.7. The maximum Gasteiger partial charge on any atom is 0.196 e. The van der Waals surface area contributed by atoms with Crippen LogP contribution in [-0.2, 0) is 0 Å². The van der Waals surface area contributed by atoms with Crippen molar-refractivity contribution in [1.82, 2.24) is 19.7 Å². The largest absolute Gasteiger partial charge is 0.360 e. The smallest absolute Gasteiger partial charge is 0.196 e. The quantitative estimate of drug-likeness (QED) is 0.223. The number of nitrogens with one attached hydrogen (secondary N) is 1. The number of carbonyl (C=O) groups excluding carboxylic acids is 1. The number of hydrogen-bond acceptors (Lipinski definition) is 4. The average Bonchev–Trinajstić information content (AvgIpc) is 3.44. The van der Waals surface area contributed by atoms with Crippen LogP contribution in [0.5, 0.6) is 0 Å². The van der Waals surface area contributed by atoms with E-state index >= 15 is 0 Å².